The van der Waals surface area contributed by atoms with Crippen molar-refractivity contribution in [2.75, 3.05) is 6.54 Å². The molecule has 19 heavy (non-hydrogen) atoms. The minimum absolute atomic E-state index is 0.0742. The molecule has 0 aliphatic rings. The molecule has 0 radical (unpaired) electrons. The van der Waals surface area contributed by atoms with Crippen LogP contribution in [0, 0.1) is 0 Å². The van der Waals surface area contributed by atoms with E-state index in [9.17, 15) is 4.79 Å². The molecule has 0 saturated carbocycles. The van der Waals surface area contributed by atoms with Crippen molar-refractivity contribution in [3.05, 3.63) is 60.1 Å². The molecule has 4 nitrogen and oxygen atoms in total. The van der Waals surface area contributed by atoms with Crippen LogP contribution in [0.3, 0.4) is 0 Å². The molecule has 0 aliphatic carbocycles. The lowest BCUT2D eigenvalue weighted by Gasteiger charge is -2.24. The highest BCUT2D eigenvalue weighted by atomic mass is 16.3. The highest BCUT2D eigenvalue weighted by molar-refractivity contribution is 5.83. The fraction of sp³-hybridized carbons (Fsp3) is 0.267. The molecule has 2 aromatic rings. The van der Waals surface area contributed by atoms with Crippen LogP contribution in [0.5, 0.6) is 0 Å². The van der Waals surface area contributed by atoms with Crippen LogP contribution in [0.15, 0.2) is 53.3 Å². The second-order valence-electron chi connectivity index (χ2n) is 4.37. The number of likely N-dealkylation sites (N-methyl/N-ethyl adjacent to an activating group) is 1. The number of amides is 1. The summed E-state index contributed by atoms with van der Waals surface area (Å²) in [7, 11) is 0. The van der Waals surface area contributed by atoms with Gasteiger partial charge in [-0.2, -0.15) is 0 Å². The number of benzene rings is 1. The van der Waals surface area contributed by atoms with Crippen molar-refractivity contribution >= 4 is 5.91 Å². The number of hydrogen-bond donors (Lipinski definition) is 1. The van der Waals surface area contributed by atoms with E-state index >= 15 is 0 Å². The Morgan fingerprint density at radius 3 is 2.63 bits per heavy atom. The summed E-state index contributed by atoms with van der Waals surface area (Å²) in [6.45, 7) is 3.08. The summed E-state index contributed by atoms with van der Waals surface area (Å²) in [6, 6.07) is 10.6. The summed E-state index contributed by atoms with van der Waals surface area (Å²) < 4.78 is 5.02. The van der Waals surface area contributed by atoms with E-state index in [1.165, 1.54) is 0 Å². The zero-order valence-electron chi connectivity index (χ0n) is 11.0. The van der Waals surface area contributed by atoms with Crippen LogP contribution in [0.1, 0.15) is 24.1 Å². The first-order valence-electron chi connectivity index (χ1n) is 6.32. The molecule has 1 atom stereocenters. The standard InChI is InChI=1S/C15H18N2O2/c1-2-17(10-12-8-9-19-11-12)15(18)14(16)13-6-4-3-5-7-13/h3-9,11,14H,2,10,16H2,1H3. The number of nitrogens with zero attached hydrogens (tertiary/aromatic N) is 1. The van der Waals surface area contributed by atoms with Crippen molar-refractivity contribution in [3.63, 3.8) is 0 Å². The molecule has 0 saturated heterocycles. The maximum absolute atomic E-state index is 12.4. The maximum Gasteiger partial charge on any atom is 0.244 e. The van der Waals surface area contributed by atoms with Crippen LogP contribution in [0.2, 0.25) is 0 Å². The molecule has 0 fully saturated rings. The summed E-state index contributed by atoms with van der Waals surface area (Å²) in [5.41, 5.74) is 7.83. The van der Waals surface area contributed by atoms with Gasteiger partial charge in [-0.25, -0.2) is 0 Å². The molecule has 0 aliphatic heterocycles. The summed E-state index contributed by atoms with van der Waals surface area (Å²) in [5, 5.41) is 0. The predicted octanol–water partition coefficient (Wildman–Crippen LogP) is 2.33. The molecular formula is C15H18N2O2. The molecule has 1 aromatic carbocycles. The Morgan fingerprint density at radius 2 is 2.05 bits per heavy atom. The van der Waals surface area contributed by atoms with Crippen LogP contribution in [0.25, 0.3) is 0 Å². The van der Waals surface area contributed by atoms with E-state index in [1.54, 1.807) is 17.4 Å². The Bertz CT molecular complexity index is 508. The fourth-order valence-electron chi connectivity index (χ4n) is 1.95. The van der Waals surface area contributed by atoms with Crippen molar-refractivity contribution in [2.45, 2.75) is 19.5 Å². The number of furan rings is 1. The largest absolute Gasteiger partial charge is 0.472 e. The second kappa shape index (κ2) is 6.20. The van der Waals surface area contributed by atoms with Gasteiger partial charge < -0.3 is 15.1 Å². The topological polar surface area (TPSA) is 59.5 Å². The third-order valence-electron chi connectivity index (χ3n) is 3.07. The van der Waals surface area contributed by atoms with E-state index in [0.717, 1.165) is 11.1 Å². The Hall–Kier alpha value is -2.07. The van der Waals surface area contributed by atoms with Gasteiger partial charge in [0.15, 0.2) is 0 Å². The van der Waals surface area contributed by atoms with Gasteiger partial charge in [-0.15, -0.1) is 0 Å². The van der Waals surface area contributed by atoms with Gasteiger partial charge in [0, 0.05) is 18.7 Å². The molecule has 100 valence electrons. The van der Waals surface area contributed by atoms with Crippen molar-refractivity contribution in [1.29, 1.82) is 0 Å². The minimum atomic E-state index is -0.618. The molecule has 4 heteroatoms. The molecule has 1 aromatic heterocycles. The van der Waals surface area contributed by atoms with Crippen LogP contribution >= 0.6 is 0 Å². The summed E-state index contributed by atoms with van der Waals surface area (Å²) in [4.78, 5) is 14.1. The zero-order chi connectivity index (χ0) is 13.7. The Morgan fingerprint density at radius 1 is 1.32 bits per heavy atom. The lowest BCUT2D eigenvalue weighted by Crippen LogP contribution is -2.37. The molecular weight excluding hydrogens is 240 g/mol. The predicted molar refractivity (Wildman–Crippen MR) is 73.2 cm³/mol. The number of carbonyl (C=O) groups is 1. The van der Waals surface area contributed by atoms with E-state index < -0.39 is 6.04 Å². The first-order valence-corrected chi connectivity index (χ1v) is 6.32. The highest BCUT2D eigenvalue weighted by Gasteiger charge is 2.21. The number of nitrogens with two attached hydrogens (primary N) is 1. The molecule has 2 rings (SSSR count). The van der Waals surface area contributed by atoms with Crippen LogP contribution in [0.4, 0.5) is 0 Å². The monoisotopic (exact) mass is 258 g/mol. The fourth-order valence-corrected chi connectivity index (χ4v) is 1.95. The van der Waals surface area contributed by atoms with Gasteiger partial charge in [-0.3, -0.25) is 4.79 Å². The molecule has 2 N–H and O–H groups in total. The van der Waals surface area contributed by atoms with Gasteiger partial charge >= 0.3 is 0 Å². The molecule has 1 heterocycles. The van der Waals surface area contributed by atoms with E-state index in [0.29, 0.717) is 13.1 Å². The zero-order valence-corrected chi connectivity index (χ0v) is 11.0. The van der Waals surface area contributed by atoms with Crippen LogP contribution in [-0.4, -0.2) is 17.4 Å². The van der Waals surface area contributed by atoms with E-state index in [4.69, 9.17) is 10.2 Å². The summed E-state index contributed by atoms with van der Waals surface area (Å²) in [6.07, 6.45) is 3.24. The lowest BCUT2D eigenvalue weighted by molar-refractivity contribution is -0.133. The van der Waals surface area contributed by atoms with Crippen molar-refractivity contribution in [1.82, 2.24) is 4.90 Å². The molecule has 1 amide bonds. The SMILES string of the molecule is CCN(Cc1ccoc1)C(=O)C(N)c1ccccc1. The van der Waals surface area contributed by atoms with Gasteiger partial charge in [-0.1, -0.05) is 30.3 Å². The highest BCUT2D eigenvalue weighted by Crippen LogP contribution is 2.15. The third-order valence-corrected chi connectivity index (χ3v) is 3.07. The van der Waals surface area contributed by atoms with Crippen LogP contribution < -0.4 is 5.73 Å². The maximum atomic E-state index is 12.4. The average Bonchev–Trinajstić information content (AvgIpc) is 2.97. The van der Waals surface area contributed by atoms with Gasteiger partial charge in [0.05, 0.1) is 12.5 Å². The van der Waals surface area contributed by atoms with Crippen molar-refractivity contribution < 1.29 is 9.21 Å². The molecule has 0 bridgehead atoms. The Labute approximate surface area is 112 Å². The van der Waals surface area contributed by atoms with Gasteiger partial charge in [0.2, 0.25) is 5.91 Å². The number of carbonyl (C=O) groups excluding carboxylic acids is 1. The summed E-state index contributed by atoms with van der Waals surface area (Å²) in [5.74, 6) is -0.0742. The van der Waals surface area contributed by atoms with Gasteiger partial charge in [0.25, 0.3) is 0 Å². The first kappa shape index (κ1) is 13.4. The van der Waals surface area contributed by atoms with Crippen LogP contribution in [-0.2, 0) is 11.3 Å². The van der Waals surface area contributed by atoms with E-state index in [2.05, 4.69) is 0 Å². The first-order chi connectivity index (χ1) is 9.22. The van der Waals surface area contributed by atoms with Crippen molar-refractivity contribution in [2.24, 2.45) is 5.73 Å². The van der Waals surface area contributed by atoms with E-state index in [-0.39, 0.29) is 5.91 Å². The van der Waals surface area contributed by atoms with Gasteiger partial charge in [0.1, 0.15) is 6.04 Å². The summed E-state index contributed by atoms with van der Waals surface area (Å²) >= 11 is 0. The second-order valence-corrected chi connectivity index (χ2v) is 4.37. The minimum Gasteiger partial charge on any atom is -0.472 e. The Balaban J connectivity index is 2.08. The lowest BCUT2D eigenvalue weighted by atomic mass is 10.1. The quantitative estimate of drug-likeness (QED) is 0.895. The van der Waals surface area contributed by atoms with Gasteiger partial charge in [-0.05, 0) is 18.6 Å². The van der Waals surface area contributed by atoms with Crippen molar-refractivity contribution in [3.8, 4) is 0 Å². The average molecular weight is 258 g/mol. The third kappa shape index (κ3) is 3.23. The molecule has 1 unspecified atom stereocenters. The smallest absolute Gasteiger partial charge is 0.244 e. The normalized spacial score (nSPS) is 12.1. The van der Waals surface area contributed by atoms with E-state index in [1.807, 2.05) is 43.3 Å². The Kier molecular flexibility index (Phi) is 4.36. The molecule has 0 spiro atoms. The number of rotatable bonds is 5. The number of hydrogen-bond acceptors (Lipinski definition) is 3.